The van der Waals surface area contributed by atoms with Crippen molar-refractivity contribution >= 4 is 28.8 Å². The van der Waals surface area contributed by atoms with Crippen LogP contribution in [-0.4, -0.2) is 26.6 Å². The van der Waals surface area contributed by atoms with Gasteiger partial charge in [0.15, 0.2) is 0 Å². The number of rotatable bonds is 6. The number of hydrogen-bond donors (Lipinski definition) is 3. The molecule has 0 spiro atoms. The summed E-state index contributed by atoms with van der Waals surface area (Å²) in [5.41, 5.74) is 2.23. The van der Waals surface area contributed by atoms with Crippen molar-refractivity contribution in [3.8, 4) is 0 Å². The third kappa shape index (κ3) is 4.80. The topological polar surface area (TPSA) is 95.2 Å². The number of ether oxygens (including phenoxy) is 1. The lowest BCUT2D eigenvalue weighted by Crippen LogP contribution is -2.44. The molecule has 0 bridgehead atoms. The standard InChI is InChI=1S/C27H32N2O4S/c1-16(2)27(12-11-17-9-7-6-8-10-17)15-21(30)23(24(31)33-27)34-22-14-20-19(28-25(32)29-20)13-18(22)26(3,4)5/h6-10,13-14,16,30H,11-12,15H2,1-5H3,(H2,28,29,32)/t27-/m0/s1. The van der Waals surface area contributed by atoms with E-state index >= 15 is 0 Å². The fraction of sp³-hybridized carbons (Fsp3) is 0.407. The number of H-pyrrole nitrogens is 2. The van der Waals surface area contributed by atoms with Crippen molar-refractivity contribution < 1.29 is 14.6 Å². The zero-order valence-corrected chi connectivity index (χ0v) is 21.1. The van der Waals surface area contributed by atoms with Crippen LogP contribution in [0.25, 0.3) is 11.0 Å². The summed E-state index contributed by atoms with van der Waals surface area (Å²) < 4.78 is 6.09. The summed E-state index contributed by atoms with van der Waals surface area (Å²) >= 11 is 1.20. The highest BCUT2D eigenvalue weighted by molar-refractivity contribution is 8.04. The molecule has 4 rings (SSSR count). The summed E-state index contributed by atoms with van der Waals surface area (Å²) in [6, 6.07) is 13.9. The number of aromatic nitrogens is 2. The van der Waals surface area contributed by atoms with Gasteiger partial charge in [-0.25, -0.2) is 9.59 Å². The summed E-state index contributed by atoms with van der Waals surface area (Å²) in [4.78, 5) is 31.6. The van der Waals surface area contributed by atoms with Gasteiger partial charge in [0.2, 0.25) is 0 Å². The zero-order valence-electron chi connectivity index (χ0n) is 20.3. The van der Waals surface area contributed by atoms with Crippen LogP contribution in [0.4, 0.5) is 0 Å². The van der Waals surface area contributed by atoms with E-state index in [1.54, 1.807) is 0 Å². The number of hydrogen-bond acceptors (Lipinski definition) is 5. The number of aliphatic hydroxyl groups excluding tert-OH is 1. The molecule has 6 nitrogen and oxygen atoms in total. The summed E-state index contributed by atoms with van der Waals surface area (Å²) in [6.45, 7) is 10.3. The van der Waals surface area contributed by atoms with Gasteiger partial charge in [-0.05, 0) is 47.4 Å². The molecule has 1 aromatic heterocycles. The number of fused-ring (bicyclic) bond motifs is 1. The maximum absolute atomic E-state index is 13.2. The number of aryl methyl sites for hydroxylation is 1. The highest BCUT2D eigenvalue weighted by Crippen LogP contribution is 2.45. The molecule has 0 amide bonds. The number of aliphatic hydroxyl groups is 1. The Bertz CT molecular complexity index is 1300. The second-order valence-electron chi connectivity index (χ2n) is 10.4. The van der Waals surface area contributed by atoms with Crippen LogP contribution in [0.3, 0.4) is 0 Å². The van der Waals surface area contributed by atoms with E-state index in [0.717, 1.165) is 16.9 Å². The molecule has 0 unspecified atom stereocenters. The van der Waals surface area contributed by atoms with Crippen molar-refractivity contribution in [3.05, 3.63) is 74.7 Å². The fourth-order valence-corrected chi connectivity index (χ4v) is 5.63. The van der Waals surface area contributed by atoms with Crippen molar-refractivity contribution in [1.29, 1.82) is 0 Å². The third-order valence-corrected chi connectivity index (χ3v) is 7.74. The van der Waals surface area contributed by atoms with Gasteiger partial charge < -0.3 is 19.8 Å². The van der Waals surface area contributed by atoms with E-state index in [2.05, 4.69) is 42.9 Å². The number of carbonyl (C=O) groups excluding carboxylic acids is 1. The Morgan fingerprint density at radius 2 is 1.74 bits per heavy atom. The first-order valence-electron chi connectivity index (χ1n) is 11.6. The summed E-state index contributed by atoms with van der Waals surface area (Å²) in [5.74, 6) is -0.399. The molecular weight excluding hydrogens is 448 g/mol. The SMILES string of the molecule is CC(C)[C@]1(CCc2ccccc2)CC(O)=C(Sc2cc3[nH]c(=O)[nH]c3cc2C(C)(C)C)C(=O)O1. The highest BCUT2D eigenvalue weighted by atomic mass is 32.2. The van der Waals surface area contributed by atoms with Crippen LogP contribution in [0.2, 0.25) is 0 Å². The number of carbonyl (C=O) groups is 1. The van der Waals surface area contributed by atoms with Crippen molar-refractivity contribution in [2.45, 2.75) is 69.8 Å². The lowest BCUT2D eigenvalue weighted by molar-refractivity contribution is -0.164. The van der Waals surface area contributed by atoms with Gasteiger partial charge in [-0.1, -0.05) is 76.7 Å². The van der Waals surface area contributed by atoms with E-state index < -0.39 is 11.6 Å². The molecule has 1 aliphatic rings. The van der Waals surface area contributed by atoms with Gasteiger partial charge in [0.25, 0.3) is 0 Å². The summed E-state index contributed by atoms with van der Waals surface area (Å²) in [5, 5.41) is 11.1. The Kier molecular flexibility index (Phi) is 6.42. The lowest BCUT2D eigenvalue weighted by atomic mass is 9.80. The predicted molar refractivity (Wildman–Crippen MR) is 136 cm³/mol. The molecule has 7 heteroatoms. The minimum atomic E-state index is -0.760. The van der Waals surface area contributed by atoms with E-state index in [4.69, 9.17) is 4.74 Å². The van der Waals surface area contributed by atoms with Crippen LogP contribution in [0.5, 0.6) is 0 Å². The van der Waals surface area contributed by atoms with Gasteiger partial charge in [0.05, 0.1) is 11.0 Å². The largest absolute Gasteiger partial charge is 0.511 e. The van der Waals surface area contributed by atoms with E-state index in [1.807, 2.05) is 44.2 Å². The second kappa shape index (κ2) is 9.02. The minimum absolute atomic E-state index is 0.0419. The van der Waals surface area contributed by atoms with Gasteiger partial charge in [-0.15, -0.1) is 0 Å². The van der Waals surface area contributed by atoms with Gasteiger partial charge in [0, 0.05) is 11.3 Å². The molecule has 0 saturated carbocycles. The first-order valence-corrected chi connectivity index (χ1v) is 12.4. The molecule has 0 fully saturated rings. The highest BCUT2D eigenvalue weighted by Gasteiger charge is 2.44. The molecule has 2 heterocycles. The quantitative estimate of drug-likeness (QED) is 0.377. The molecule has 3 N–H and O–H groups in total. The van der Waals surface area contributed by atoms with Crippen molar-refractivity contribution in [2.24, 2.45) is 5.92 Å². The molecule has 1 atom stereocenters. The van der Waals surface area contributed by atoms with E-state index in [1.165, 1.54) is 17.3 Å². The number of benzene rings is 2. The number of cyclic esters (lactones) is 1. The summed E-state index contributed by atoms with van der Waals surface area (Å²) in [7, 11) is 0. The normalized spacial score (nSPS) is 19.2. The van der Waals surface area contributed by atoms with Crippen molar-refractivity contribution in [3.63, 3.8) is 0 Å². The molecule has 0 aliphatic carbocycles. The average molecular weight is 481 g/mol. The molecule has 2 aromatic carbocycles. The van der Waals surface area contributed by atoms with Crippen molar-refractivity contribution in [1.82, 2.24) is 9.97 Å². The Morgan fingerprint density at radius 3 is 2.32 bits per heavy atom. The number of thioether (sulfide) groups is 1. The minimum Gasteiger partial charge on any atom is -0.511 e. The smallest absolute Gasteiger partial charge is 0.349 e. The van der Waals surface area contributed by atoms with Crippen LogP contribution in [0.1, 0.15) is 58.6 Å². The molecule has 0 saturated heterocycles. The maximum Gasteiger partial charge on any atom is 0.349 e. The van der Waals surface area contributed by atoms with Gasteiger partial charge in [-0.2, -0.15) is 0 Å². The molecular formula is C27H32N2O4S. The first-order chi connectivity index (χ1) is 16.0. The van der Waals surface area contributed by atoms with Crippen LogP contribution in [0, 0.1) is 5.92 Å². The molecule has 0 radical (unpaired) electrons. The number of imidazole rings is 1. The average Bonchev–Trinajstić information content (AvgIpc) is 3.13. The van der Waals surface area contributed by atoms with Crippen molar-refractivity contribution in [2.75, 3.05) is 0 Å². The second-order valence-corrected chi connectivity index (χ2v) is 11.4. The lowest BCUT2D eigenvalue weighted by Gasteiger charge is -2.40. The van der Waals surface area contributed by atoms with Crippen LogP contribution >= 0.6 is 11.8 Å². The Morgan fingerprint density at radius 1 is 1.09 bits per heavy atom. The molecule has 180 valence electrons. The molecule has 34 heavy (non-hydrogen) atoms. The predicted octanol–water partition coefficient (Wildman–Crippen LogP) is 5.99. The van der Waals surface area contributed by atoms with Crippen LogP contribution in [0.15, 0.2) is 62.8 Å². The Hall–Kier alpha value is -2.93. The number of esters is 1. The Balaban J connectivity index is 1.67. The number of nitrogens with one attached hydrogen (secondary N) is 2. The monoisotopic (exact) mass is 480 g/mol. The van der Waals surface area contributed by atoms with E-state index in [9.17, 15) is 14.7 Å². The fourth-order valence-electron chi connectivity index (χ4n) is 4.44. The van der Waals surface area contributed by atoms with Crippen LogP contribution in [-0.2, 0) is 21.4 Å². The molecule has 3 aromatic rings. The maximum atomic E-state index is 13.2. The first kappa shape index (κ1) is 24.2. The van der Waals surface area contributed by atoms with E-state index in [0.29, 0.717) is 17.5 Å². The van der Waals surface area contributed by atoms with Gasteiger partial charge in [0.1, 0.15) is 16.3 Å². The number of aromatic amines is 2. The summed E-state index contributed by atoms with van der Waals surface area (Å²) in [6.07, 6.45) is 1.67. The third-order valence-electron chi connectivity index (χ3n) is 6.58. The Labute approximate surface area is 203 Å². The molecule has 1 aliphatic heterocycles. The van der Waals surface area contributed by atoms with Crippen LogP contribution < -0.4 is 5.69 Å². The zero-order chi connectivity index (χ0) is 24.7. The van der Waals surface area contributed by atoms with E-state index in [-0.39, 0.29) is 34.1 Å². The van der Waals surface area contributed by atoms with Gasteiger partial charge >= 0.3 is 11.7 Å². The van der Waals surface area contributed by atoms with Gasteiger partial charge in [-0.3, -0.25) is 0 Å².